The Morgan fingerprint density at radius 3 is 2.48 bits per heavy atom. The molecule has 112 valence electrons. The highest BCUT2D eigenvalue weighted by Crippen LogP contribution is 2.29. The number of hydrogen-bond donors (Lipinski definition) is 2. The number of sulfonamides is 1. The molecule has 0 bridgehead atoms. The zero-order valence-electron chi connectivity index (χ0n) is 11.7. The number of ether oxygens (including phenoxy) is 2. The van der Waals surface area contributed by atoms with Crippen LogP contribution in [0, 0.1) is 0 Å². The molecule has 3 N–H and O–H groups in total. The maximum absolute atomic E-state index is 12.4. The molecule has 7 heteroatoms. The highest BCUT2D eigenvalue weighted by molar-refractivity contribution is 7.92. The van der Waals surface area contributed by atoms with E-state index in [2.05, 4.69) is 4.72 Å². The van der Waals surface area contributed by atoms with Gasteiger partial charge in [0.2, 0.25) is 0 Å². The molecular formula is C14H16N2O4S. The van der Waals surface area contributed by atoms with Gasteiger partial charge in [-0.25, -0.2) is 8.42 Å². The Hall–Kier alpha value is -2.41. The average molecular weight is 308 g/mol. The van der Waals surface area contributed by atoms with E-state index >= 15 is 0 Å². The minimum atomic E-state index is -3.76. The van der Waals surface area contributed by atoms with Crippen molar-refractivity contribution < 1.29 is 17.9 Å². The molecule has 2 aromatic rings. The lowest BCUT2D eigenvalue weighted by molar-refractivity contribution is 0.413. The van der Waals surface area contributed by atoms with Gasteiger partial charge in [0.25, 0.3) is 10.0 Å². The number of nitrogens with one attached hydrogen (secondary N) is 1. The van der Waals surface area contributed by atoms with Gasteiger partial charge in [-0.2, -0.15) is 0 Å². The Morgan fingerprint density at radius 1 is 1.05 bits per heavy atom. The van der Waals surface area contributed by atoms with Crippen molar-refractivity contribution >= 4 is 21.4 Å². The van der Waals surface area contributed by atoms with Gasteiger partial charge in [-0.1, -0.05) is 6.07 Å². The first kappa shape index (κ1) is 15.0. The topological polar surface area (TPSA) is 90.7 Å². The van der Waals surface area contributed by atoms with E-state index < -0.39 is 10.0 Å². The smallest absolute Gasteiger partial charge is 0.262 e. The number of anilines is 2. The molecule has 0 saturated carbocycles. The first-order chi connectivity index (χ1) is 9.96. The quantitative estimate of drug-likeness (QED) is 0.825. The summed E-state index contributed by atoms with van der Waals surface area (Å²) in [5, 5.41) is 0. The van der Waals surface area contributed by atoms with Crippen LogP contribution in [0.15, 0.2) is 47.4 Å². The molecule has 0 atom stereocenters. The van der Waals surface area contributed by atoms with Gasteiger partial charge in [-0.15, -0.1) is 0 Å². The predicted molar refractivity (Wildman–Crippen MR) is 81.2 cm³/mol. The van der Waals surface area contributed by atoms with E-state index in [4.69, 9.17) is 15.2 Å². The highest BCUT2D eigenvalue weighted by atomic mass is 32.2. The third-order valence-electron chi connectivity index (χ3n) is 2.82. The summed E-state index contributed by atoms with van der Waals surface area (Å²) in [6.45, 7) is 0. The summed E-state index contributed by atoms with van der Waals surface area (Å²) in [5.74, 6) is 0.841. The van der Waals surface area contributed by atoms with E-state index in [1.165, 1.54) is 32.4 Å². The lowest BCUT2D eigenvalue weighted by atomic mass is 10.2. The van der Waals surface area contributed by atoms with Crippen molar-refractivity contribution in [1.29, 1.82) is 0 Å². The fourth-order valence-electron chi connectivity index (χ4n) is 1.78. The van der Waals surface area contributed by atoms with Crippen LogP contribution in [0.4, 0.5) is 11.4 Å². The zero-order chi connectivity index (χ0) is 15.5. The van der Waals surface area contributed by atoms with E-state index in [1.807, 2.05) is 0 Å². The van der Waals surface area contributed by atoms with Gasteiger partial charge < -0.3 is 15.2 Å². The number of hydrogen-bond acceptors (Lipinski definition) is 5. The van der Waals surface area contributed by atoms with Crippen LogP contribution in [0.2, 0.25) is 0 Å². The minimum absolute atomic E-state index is 0.0892. The second kappa shape index (κ2) is 5.92. The molecule has 0 aliphatic carbocycles. The van der Waals surface area contributed by atoms with Gasteiger partial charge in [0.05, 0.1) is 24.8 Å². The minimum Gasteiger partial charge on any atom is -0.497 e. The molecule has 2 rings (SSSR count). The summed E-state index contributed by atoms with van der Waals surface area (Å²) in [6, 6.07) is 10.9. The molecule has 0 spiro atoms. The molecule has 0 saturated heterocycles. The molecule has 0 heterocycles. The largest absolute Gasteiger partial charge is 0.497 e. The molecule has 0 radical (unpaired) electrons. The Bertz CT molecular complexity index is 744. The molecule has 0 amide bonds. The first-order valence-corrected chi connectivity index (χ1v) is 7.55. The van der Waals surface area contributed by atoms with Crippen LogP contribution in [0.25, 0.3) is 0 Å². The maximum atomic E-state index is 12.4. The summed E-state index contributed by atoms with van der Waals surface area (Å²) in [6.07, 6.45) is 0. The summed E-state index contributed by atoms with van der Waals surface area (Å²) in [4.78, 5) is 0.0892. The van der Waals surface area contributed by atoms with Gasteiger partial charge in [0.1, 0.15) is 11.5 Å². The number of rotatable bonds is 5. The Labute approximate surface area is 123 Å². The van der Waals surface area contributed by atoms with Crippen molar-refractivity contribution in [3.63, 3.8) is 0 Å². The van der Waals surface area contributed by atoms with Gasteiger partial charge in [0.15, 0.2) is 0 Å². The summed E-state index contributed by atoms with van der Waals surface area (Å²) in [7, 11) is -0.835. The van der Waals surface area contributed by atoms with Crippen molar-refractivity contribution in [2.75, 3.05) is 24.7 Å². The molecule has 2 aromatic carbocycles. The summed E-state index contributed by atoms with van der Waals surface area (Å²) < 4.78 is 37.4. The normalized spacial score (nSPS) is 11.0. The van der Waals surface area contributed by atoms with Gasteiger partial charge in [-0.05, 0) is 30.3 Å². The molecule has 0 unspecified atom stereocenters. The fourth-order valence-corrected chi connectivity index (χ4v) is 2.87. The Kier molecular flexibility index (Phi) is 4.23. The maximum Gasteiger partial charge on any atom is 0.262 e. The van der Waals surface area contributed by atoms with Crippen molar-refractivity contribution in [3.8, 4) is 11.5 Å². The second-order valence-electron chi connectivity index (χ2n) is 4.24. The molecule has 0 aromatic heterocycles. The highest BCUT2D eigenvalue weighted by Gasteiger charge is 2.17. The van der Waals surface area contributed by atoms with Crippen molar-refractivity contribution in [2.45, 2.75) is 4.90 Å². The lowest BCUT2D eigenvalue weighted by Crippen LogP contribution is -2.14. The van der Waals surface area contributed by atoms with Crippen molar-refractivity contribution in [2.24, 2.45) is 0 Å². The van der Waals surface area contributed by atoms with E-state index in [-0.39, 0.29) is 10.6 Å². The summed E-state index contributed by atoms with van der Waals surface area (Å²) >= 11 is 0. The average Bonchev–Trinajstić information content (AvgIpc) is 2.47. The Morgan fingerprint density at radius 2 is 1.81 bits per heavy atom. The molecule has 21 heavy (non-hydrogen) atoms. The van der Waals surface area contributed by atoms with E-state index in [9.17, 15) is 8.42 Å². The number of nitrogen functional groups attached to an aromatic ring is 1. The van der Waals surface area contributed by atoms with Gasteiger partial charge in [-0.3, -0.25) is 4.72 Å². The predicted octanol–water partition coefficient (Wildman–Crippen LogP) is 2.09. The van der Waals surface area contributed by atoms with Crippen molar-refractivity contribution in [3.05, 3.63) is 42.5 Å². The van der Waals surface area contributed by atoms with Crippen LogP contribution in [-0.4, -0.2) is 22.6 Å². The molecule has 0 aliphatic heterocycles. The van der Waals surface area contributed by atoms with E-state index in [1.54, 1.807) is 24.3 Å². The monoisotopic (exact) mass is 308 g/mol. The van der Waals surface area contributed by atoms with Gasteiger partial charge >= 0.3 is 0 Å². The third-order valence-corrected chi connectivity index (χ3v) is 4.18. The SMILES string of the molecule is COc1cccc(S(=O)(=O)Nc2cc(N)ccc2OC)c1. The van der Waals surface area contributed by atoms with Crippen LogP contribution in [-0.2, 0) is 10.0 Å². The second-order valence-corrected chi connectivity index (χ2v) is 5.93. The van der Waals surface area contributed by atoms with Crippen LogP contribution in [0.1, 0.15) is 0 Å². The first-order valence-electron chi connectivity index (χ1n) is 6.06. The lowest BCUT2D eigenvalue weighted by Gasteiger charge is -2.13. The van der Waals surface area contributed by atoms with Crippen LogP contribution >= 0.6 is 0 Å². The molecule has 0 aliphatic rings. The number of nitrogens with two attached hydrogens (primary N) is 1. The van der Waals surface area contributed by atoms with Crippen LogP contribution in [0.5, 0.6) is 11.5 Å². The van der Waals surface area contributed by atoms with E-state index in [0.29, 0.717) is 17.2 Å². The van der Waals surface area contributed by atoms with Crippen molar-refractivity contribution in [1.82, 2.24) is 0 Å². The Balaban J connectivity index is 2.39. The summed E-state index contributed by atoms with van der Waals surface area (Å²) in [5.41, 5.74) is 6.38. The fraction of sp³-hybridized carbons (Fsp3) is 0.143. The van der Waals surface area contributed by atoms with Crippen LogP contribution in [0.3, 0.4) is 0 Å². The standard InChI is InChI=1S/C14H16N2O4S/c1-19-11-4-3-5-12(9-11)21(17,18)16-13-8-10(15)6-7-14(13)20-2/h3-9,16H,15H2,1-2H3. The third kappa shape index (κ3) is 3.38. The number of benzene rings is 2. The van der Waals surface area contributed by atoms with Gasteiger partial charge in [0, 0.05) is 11.8 Å². The van der Waals surface area contributed by atoms with E-state index in [0.717, 1.165) is 0 Å². The number of methoxy groups -OCH3 is 2. The molecular weight excluding hydrogens is 292 g/mol. The zero-order valence-corrected chi connectivity index (χ0v) is 12.5. The molecule has 0 fully saturated rings. The van der Waals surface area contributed by atoms with Crippen LogP contribution < -0.4 is 19.9 Å². The molecule has 6 nitrogen and oxygen atoms in total.